The summed E-state index contributed by atoms with van der Waals surface area (Å²) in [5, 5.41) is 10.5. The van der Waals surface area contributed by atoms with E-state index < -0.39 is 6.10 Å². The van der Waals surface area contributed by atoms with Crippen LogP contribution < -0.4 is 0 Å². The molecular weight excluding hydrogens is 300 g/mol. The molecule has 2 heterocycles. The number of likely N-dealkylation sites (tertiary alicyclic amines) is 1. The molecule has 0 radical (unpaired) electrons. The summed E-state index contributed by atoms with van der Waals surface area (Å²) in [7, 11) is 0. The van der Waals surface area contributed by atoms with Gasteiger partial charge in [-0.1, -0.05) is 42.5 Å². The SMILES string of the molecule is O[C@@H](CN1CCC[C@H](c2nc3ccccc3o2)C1)c1ccccc1. The Balaban J connectivity index is 1.45. The van der Waals surface area contributed by atoms with Gasteiger partial charge in [-0.05, 0) is 37.1 Å². The number of β-amino-alcohol motifs (C(OH)–C–C–N with tert-alkyl or cyclic N) is 1. The van der Waals surface area contributed by atoms with Gasteiger partial charge < -0.3 is 9.52 Å². The van der Waals surface area contributed by atoms with Crippen molar-refractivity contribution < 1.29 is 9.52 Å². The van der Waals surface area contributed by atoms with Crippen molar-refractivity contribution >= 4 is 11.1 Å². The fraction of sp³-hybridized carbons (Fsp3) is 0.350. The topological polar surface area (TPSA) is 49.5 Å². The van der Waals surface area contributed by atoms with Crippen molar-refractivity contribution in [3.05, 3.63) is 66.1 Å². The maximum atomic E-state index is 10.5. The predicted molar refractivity (Wildman–Crippen MR) is 93.8 cm³/mol. The zero-order valence-corrected chi connectivity index (χ0v) is 13.6. The molecule has 4 rings (SSSR count). The fourth-order valence-electron chi connectivity index (χ4n) is 3.51. The summed E-state index contributed by atoms with van der Waals surface area (Å²) in [4.78, 5) is 6.97. The zero-order valence-electron chi connectivity index (χ0n) is 13.6. The molecule has 124 valence electrons. The van der Waals surface area contributed by atoms with E-state index in [9.17, 15) is 5.11 Å². The molecule has 0 unspecified atom stereocenters. The standard InChI is InChI=1S/C20H22N2O2/c23-18(15-7-2-1-3-8-15)14-22-12-6-9-16(13-22)20-21-17-10-4-5-11-19(17)24-20/h1-5,7-8,10-11,16,18,23H,6,9,12-14H2/t16-,18-/m0/s1. The molecule has 1 aliphatic heterocycles. The van der Waals surface area contributed by atoms with Crippen LogP contribution in [-0.2, 0) is 0 Å². The van der Waals surface area contributed by atoms with E-state index in [1.54, 1.807) is 0 Å². The second kappa shape index (κ2) is 6.75. The summed E-state index contributed by atoms with van der Waals surface area (Å²) in [5.41, 5.74) is 2.75. The molecule has 0 bridgehead atoms. The Morgan fingerprint density at radius 1 is 1.12 bits per heavy atom. The smallest absolute Gasteiger partial charge is 0.199 e. The van der Waals surface area contributed by atoms with Crippen LogP contribution in [-0.4, -0.2) is 34.6 Å². The molecule has 1 aliphatic rings. The molecule has 1 saturated heterocycles. The summed E-state index contributed by atoms with van der Waals surface area (Å²) in [6, 6.07) is 17.8. The average Bonchev–Trinajstić information content (AvgIpc) is 3.07. The predicted octanol–water partition coefficient (Wildman–Crippen LogP) is 3.74. The lowest BCUT2D eigenvalue weighted by Gasteiger charge is -2.32. The molecule has 1 N–H and O–H groups in total. The molecule has 4 nitrogen and oxygen atoms in total. The minimum absolute atomic E-state index is 0.300. The molecule has 24 heavy (non-hydrogen) atoms. The first-order valence-electron chi connectivity index (χ1n) is 8.60. The molecule has 0 saturated carbocycles. The van der Waals surface area contributed by atoms with Gasteiger partial charge in [-0.3, -0.25) is 4.90 Å². The van der Waals surface area contributed by atoms with Crippen LogP contribution in [0, 0.1) is 0 Å². The highest BCUT2D eigenvalue weighted by atomic mass is 16.3. The lowest BCUT2D eigenvalue weighted by molar-refractivity contribution is 0.0923. The first-order chi connectivity index (χ1) is 11.8. The highest BCUT2D eigenvalue weighted by molar-refractivity contribution is 5.72. The summed E-state index contributed by atoms with van der Waals surface area (Å²) < 4.78 is 5.95. The van der Waals surface area contributed by atoms with Gasteiger partial charge in [0.15, 0.2) is 11.5 Å². The molecule has 1 fully saturated rings. The second-order valence-corrected chi connectivity index (χ2v) is 6.55. The van der Waals surface area contributed by atoms with Gasteiger partial charge in [0.1, 0.15) is 5.52 Å². The van der Waals surface area contributed by atoms with Crippen LogP contribution in [0.15, 0.2) is 59.0 Å². The van der Waals surface area contributed by atoms with Crippen LogP contribution in [0.2, 0.25) is 0 Å². The van der Waals surface area contributed by atoms with E-state index in [1.807, 2.05) is 54.6 Å². The van der Waals surface area contributed by atoms with Crippen LogP contribution in [0.25, 0.3) is 11.1 Å². The number of aliphatic hydroxyl groups is 1. The number of hydrogen-bond acceptors (Lipinski definition) is 4. The largest absolute Gasteiger partial charge is 0.440 e. The van der Waals surface area contributed by atoms with Crippen molar-refractivity contribution in [2.24, 2.45) is 0 Å². The van der Waals surface area contributed by atoms with Crippen molar-refractivity contribution in [1.29, 1.82) is 0 Å². The Bertz CT molecular complexity index is 767. The third-order valence-electron chi connectivity index (χ3n) is 4.78. The van der Waals surface area contributed by atoms with Crippen molar-refractivity contribution in [3.8, 4) is 0 Å². The van der Waals surface area contributed by atoms with Gasteiger partial charge in [-0.25, -0.2) is 4.98 Å². The molecule has 4 heteroatoms. The van der Waals surface area contributed by atoms with E-state index in [0.29, 0.717) is 12.5 Å². The first kappa shape index (κ1) is 15.4. The molecule has 0 aliphatic carbocycles. The number of fused-ring (bicyclic) bond motifs is 1. The van der Waals surface area contributed by atoms with Crippen LogP contribution >= 0.6 is 0 Å². The van der Waals surface area contributed by atoms with Crippen LogP contribution in [0.1, 0.15) is 36.3 Å². The Labute approximate surface area is 141 Å². The lowest BCUT2D eigenvalue weighted by Crippen LogP contribution is -2.37. The molecule has 2 atom stereocenters. The summed E-state index contributed by atoms with van der Waals surface area (Å²) >= 11 is 0. The second-order valence-electron chi connectivity index (χ2n) is 6.55. The quantitative estimate of drug-likeness (QED) is 0.795. The van der Waals surface area contributed by atoms with Gasteiger partial charge in [-0.15, -0.1) is 0 Å². The van der Waals surface area contributed by atoms with Crippen LogP contribution in [0.5, 0.6) is 0 Å². The number of hydrogen-bond donors (Lipinski definition) is 1. The van der Waals surface area contributed by atoms with Gasteiger partial charge >= 0.3 is 0 Å². The number of benzene rings is 2. The number of para-hydroxylation sites is 2. The van der Waals surface area contributed by atoms with Crippen molar-refractivity contribution in [1.82, 2.24) is 9.88 Å². The molecular formula is C20H22N2O2. The highest BCUT2D eigenvalue weighted by Crippen LogP contribution is 2.29. The van der Waals surface area contributed by atoms with Crippen molar-refractivity contribution in [3.63, 3.8) is 0 Å². The Hall–Kier alpha value is -2.17. The number of nitrogens with zero attached hydrogens (tertiary/aromatic N) is 2. The van der Waals surface area contributed by atoms with E-state index in [4.69, 9.17) is 4.42 Å². The Kier molecular flexibility index (Phi) is 4.32. The minimum Gasteiger partial charge on any atom is -0.440 e. The number of piperidine rings is 1. The van der Waals surface area contributed by atoms with Crippen molar-refractivity contribution in [2.75, 3.05) is 19.6 Å². The molecule has 0 spiro atoms. The third kappa shape index (κ3) is 3.21. The summed E-state index contributed by atoms with van der Waals surface area (Å²) in [6.45, 7) is 2.55. The van der Waals surface area contributed by atoms with E-state index in [2.05, 4.69) is 9.88 Å². The van der Waals surface area contributed by atoms with E-state index in [-0.39, 0.29) is 0 Å². The van der Waals surface area contributed by atoms with Gasteiger partial charge in [0.05, 0.1) is 6.10 Å². The maximum Gasteiger partial charge on any atom is 0.199 e. The monoisotopic (exact) mass is 322 g/mol. The highest BCUT2D eigenvalue weighted by Gasteiger charge is 2.26. The van der Waals surface area contributed by atoms with Gasteiger partial charge in [-0.2, -0.15) is 0 Å². The number of aliphatic hydroxyl groups excluding tert-OH is 1. The van der Waals surface area contributed by atoms with Gasteiger partial charge in [0, 0.05) is 19.0 Å². The maximum absolute atomic E-state index is 10.5. The normalized spacial score (nSPS) is 20.3. The third-order valence-corrected chi connectivity index (χ3v) is 4.78. The Morgan fingerprint density at radius 3 is 2.75 bits per heavy atom. The van der Waals surface area contributed by atoms with Crippen molar-refractivity contribution in [2.45, 2.75) is 24.9 Å². The van der Waals surface area contributed by atoms with E-state index in [1.165, 1.54) is 0 Å². The first-order valence-corrected chi connectivity index (χ1v) is 8.60. The average molecular weight is 322 g/mol. The van der Waals surface area contributed by atoms with Gasteiger partial charge in [0.25, 0.3) is 0 Å². The number of oxazole rings is 1. The van der Waals surface area contributed by atoms with Crippen LogP contribution in [0.3, 0.4) is 0 Å². The summed E-state index contributed by atoms with van der Waals surface area (Å²) in [6.07, 6.45) is 1.74. The number of aromatic nitrogens is 1. The zero-order chi connectivity index (χ0) is 16.4. The summed E-state index contributed by atoms with van der Waals surface area (Å²) in [5.74, 6) is 1.13. The molecule has 2 aromatic carbocycles. The van der Waals surface area contributed by atoms with Crippen LogP contribution in [0.4, 0.5) is 0 Å². The lowest BCUT2D eigenvalue weighted by atomic mass is 9.97. The van der Waals surface area contributed by atoms with E-state index in [0.717, 1.165) is 48.5 Å². The van der Waals surface area contributed by atoms with Gasteiger partial charge in [0.2, 0.25) is 0 Å². The fourth-order valence-corrected chi connectivity index (χ4v) is 3.51. The minimum atomic E-state index is -0.450. The molecule has 3 aromatic rings. The Morgan fingerprint density at radius 2 is 1.92 bits per heavy atom. The number of rotatable bonds is 4. The molecule has 0 amide bonds. The molecule has 1 aromatic heterocycles. The van der Waals surface area contributed by atoms with E-state index >= 15 is 0 Å².